The van der Waals surface area contributed by atoms with Gasteiger partial charge in [0.05, 0.1) is 0 Å². The van der Waals surface area contributed by atoms with Crippen molar-refractivity contribution in [1.29, 1.82) is 0 Å². The summed E-state index contributed by atoms with van der Waals surface area (Å²) in [6, 6.07) is 3.77. The van der Waals surface area contributed by atoms with Crippen molar-refractivity contribution in [3.8, 4) is 0 Å². The number of hydrogen-bond acceptors (Lipinski definition) is 3. The van der Waals surface area contributed by atoms with Gasteiger partial charge in [-0.2, -0.15) is 0 Å². The Morgan fingerprint density at radius 1 is 1.50 bits per heavy atom. The number of Topliss-reactive ketones (excluding diaryl/α,β-unsaturated/α-hetero) is 1. The Bertz CT molecular complexity index is 322. The predicted molar refractivity (Wildman–Crippen MR) is 64.9 cm³/mol. The van der Waals surface area contributed by atoms with E-state index in [-0.39, 0.29) is 11.7 Å². The van der Waals surface area contributed by atoms with Gasteiger partial charge in [0.2, 0.25) is 0 Å². The van der Waals surface area contributed by atoms with Gasteiger partial charge >= 0.3 is 0 Å². The van der Waals surface area contributed by atoms with Crippen LogP contribution >= 0.6 is 0 Å². The van der Waals surface area contributed by atoms with Gasteiger partial charge in [0.1, 0.15) is 5.78 Å². The van der Waals surface area contributed by atoms with Crippen LogP contribution in [0.25, 0.3) is 0 Å². The Hall–Kier alpha value is -1.22. The van der Waals surface area contributed by atoms with Gasteiger partial charge < -0.3 is 5.73 Å². The molecule has 0 fully saturated rings. The van der Waals surface area contributed by atoms with Gasteiger partial charge in [-0.25, -0.2) is 0 Å². The van der Waals surface area contributed by atoms with Crippen LogP contribution in [0.3, 0.4) is 0 Å². The number of carbonyl (C=O) groups is 1. The molecule has 1 aromatic rings. The van der Waals surface area contributed by atoms with E-state index < -0.39 is 0 Å². The molecule has 3 nitrogen and oxygen atoms in total. The minimum atomic E-state index is -0.0137. The van der Waals surface area contributed by atoms with E-state index in [0.29, 0.717) is 18.9 Å². The molecule has 16 heavy (non-hydrogen) atoms. The third kappa shape index (κ3) is 4.11. The van der Waals surface area contributed by atoms with Crippen LogP contribution in [0.4, 0.5) is 0 Å². The summed E-state index contributed by atoms with van der Waals surface area (Å²) in [4.78, 5) is 16.0. The molecule has 0 aliphatic carbocycles. The van der Waals surface area contributed by atoms with Gasteiger partial charge in [0.15, 0.2) is 0 Å². The minimum absolute atomic E-state index is 0.0137. The number of nitrogens with two attached hydrogens (primary N) is 1. The Morgan fingerprint density at radius 2 is 2.25 bits per heavy atom. The zero-order valence-electron chi connectivity index (χ0n) is 10.0. The maximum Gasteiger partial charge on any atom is 0.141 e. The monoisotopic (exact) mass is 220 g/mol. The predicted octanol–water partition coefficient (Wildman–Crippen LogP) is 1.81. The number of nitrogens with zero attached hydrogens (tertiary/aromatic N) is 1. The van der Waals surface area contributed by atoms with Crippen molar-refractivity contribution >= 4 is 5.78 Å². The first-order chi connectivity index (χ1) is 7.63. The van der Waals surface area contributed by atoms with E-state index in [0.717, 1.165) is 12.0 Å². The van der Waals surface area contributed by atoms with E-state index >= 15 is 0 Å². The van der Waals surface area contributed by atoms with E-state index in [4.69, 9.17) is 5.73 Å². The molecule has 0 spiro atoms. The number of aromatic nitrogens is 1. The zero-order chi connectivity index (χ0) is 12.0. The third-order valence-corrected chi connectivity index (χ3v) is 2.60. The van der Waals surface area contributed by atoms with Crippen molar-refractivity contribution in [2.45, 2.75) is 26.7 Å². The van der Waals surface area contributed by atoms with Crippen LogP contribution in [0.1, 0.15) is 25.8 Å². The van der Waals surface area contributed by atoms with E-state index in [1.54, 1.807) is 12.4 Å². The molecule has 88 valence electrons. The van der Waals surface area contributed by atoms with Crippen LogP contribution in [0.15, 0.2) is 24.5 Å². The summed E-state index contributed by atoms with van der Waals surface area (Å²) in [5.41, 5.74) is 6.61. The molecular formula is C13H20N2O. The highest BCUT2D eigenvalue weighted by Gasteiger charge is 2.18. The van der Waals surface area contributed by atoms with E-state index in [1.807, 2.05) is 12.1 Å². The first-order valence-electron chi connectivity index (χ1n) is 5.75. The number of pyridine rings is 1. The summed E-state index contributed by atoms with van der Waals surface area (Å²) in [6.07, 6.45) is 4.77. The van der Waals surface area contributed by atoms with Gasteiger partial charge in [0.25, 0.3) is 0 Å². The number of ketones is 1. The molecule has 0 aromatic carbocycles. The number of hydrogen-bond donors (Lipinski definition) is 1. The molecule has 1 rings (SSSR count). The van der Waals surface area contributed by atoms with Crippen LogP contribution in [0.2, 0.25) is 0 Å². The fraction of sp³-hybridized carbons (Fsp3) is 0.538. The lowest BCUT2D eigenvalue weighted by Crippen LogP contribution is -2.26. The summed E-state index contributed by atoms with van der Waals surface area (Å²) >= 11 is 0. The molecule has 1 heterocycles. The quantitative estimate of drug-likeness (QED) is 0.795. The van der Waals surface area contributed by atoms with Crippen LogP contribution < -0.4 is 5.73 Å². The molecule has 3 heteroatoms. The second-order valence-electron chi connectivity index (χ2n) is 4.57. The van der Waals surface area contributed by atoms with Gasteiger partial charge in [-0.05, 0) is 24.0 Å². The maximum absolute atomic E-state index is 12.0. The topological polar surface area (TPSA) is 56.0 Å². The molecule has 2 N–H and O–H groups in total. The maximum atomic E-state index is 12.0. The molecule has 1 atom stereocenters. The van der Waals surface area contributed by atoms with E-state index in [9.17, 15) is 4.79 Å². The molecule has 0 aliphatic heterocycles. The van der Waals surface area contributed by atoms with Gasteiger partial charge in [-0.1, -0.05) is 19.9 Å². The first kappa shape index (κ1) is 12.8. The Balaban J connectivity index is 2.56. The molecule has 0 saturated carbocycles. The van der Waals surface area contributed by atoms with Crippen molar-refractivity contribution < 1.29 is 4.79 Å². The summed E-state index contributed by atoms with van der Waals surface area (Å²) in [5, 5.41) is 0. The van der Waals surface area contributed by atoms with Crippen molar-refractivity contribution in [3.05, 3.63) is 30.1 Å². The smallest absolute Gasteiger partial charge is 0.141 e. The van der Waals surface area contributed by atoms with E-state index in [1.165, 1.54) is 0 Å². The third-order valence-electron chi connectivity index (χ3n) is 2.60. The molecule has 0 bridgehead atoms. The molecule has 1 unspecified atom stereocenters. The Morgan fingerprint density at radius 3 is 2.75 bits per heavy atom. The average molecular weight is 220 g/mol. The highest BCUT2D eigenvalue weighted by Crippen LogP contribution is 2.14. The molecule has 0 radical (unpaired) electrons. The second-order valence-corrected chi connectivity index (χ2v) is 4.57. The highest BCUT2D eigenvalue weighted by atomic mass is 16.1. The summed E-state index contributed by atoms with van der Waals surface area (Å²) in [7, 11) is 0. The van der Waals surface area contributed by atoms with Gasteiger partial charge in [0, 0.05) is 31.3 Å². The summed E-state index contributed by atoms with van der Waals surface area (Å²) in [5.74, 6) is 0.718. The van der Waals surface area contributed by atoms with Crippen LogP contribution in [0, 0.1) is 11.8 Å². The Labute approximate surface area is 97.1 Å². The normalized spacial score (nSPS) is 12.8. The first-order valence-corrected chi connectivity index (χ1v) is 5.75. The van der Waals surface area contributed by atoms with E-state index in [2.05, 4.69) is 18.8 Å². The molecule has 0 aliphatic rings. The molecule has 0 saturated heterocycles. The Kier molecular flexibility index (Phi) is 5.12. The average Bonchev–Trinajstić information content (AvgIpc) is 2.26. The van der Waals surface area contributed by atoms with Crippen molar-refractivity contribution in [2.24, 2.45) is 17.6 Å². The number of rotatable bonds is 6. The largest absolute Gasteiger partial charge is 0.330 e. The van der Waals surface area contributed by atoms with Crippen molar-refractivity contribution in [2.75, 3.05) is 6.54 Å². The second kappa shape index (κ2) is 6.38. The zero-order valence-corrected chi connectivity index (χ0v) is 10.0. The van der Waals surface area contributed by atoms with Crippen LogP contribution in [-0.2, 0) is 11.2 Å². The lowest BCUT2D eigenvalue weighted by Gasteiger charge is -2.15. The highest BCUT2D eigenvalue weighted by molar-refractivity contribution is 5.83. The summed E-state index contributed by atoms with van der Waals surface area (Å²) < 4.78 is 0. The fourth-order valence-corrected chi connectivity index (χ4v) is 1.78. The molecule has 0 amide bonds. The van der Waals surface area contributed by atoms with Crippen LogP contribution in [0.5, 0.6) is 0 Å². The SMILES string of the molecule is CC(C)CC(CN)C(=O)Cc1cccnc1. The van der Waals surface area contributed by atoms with Gasteiger partial charge in [-0.15, -0.1) is 0 Å². The lowest BCUT2D eigenvalue weighted by molar-refractivity contribution is -0.122. The lowest BCUT2D eigenvalue weighted by atomic mass is 9.90. The summed E-state index contributed by atoms with van der Waals surface area (Å²) in [6.45, 7) is 4.66. The van der Waals surface area contributed by atoms with Crippen LogP contribution in [-0.4, -0.2) is 17.3 Å². The molecule has 1 aromatic heterocycles. The van der Waals surface area contributed by atoms with Crippen molar-refractivity contribution in [3.63, 3.8) is 0 Å². The standard InChI is InChI=1S/C13H20N2O/c1-10(2)6-12(8-14)13(16)7-11-4-3-5-15-9-11/h3-5,9-10,12H,6-8,14H2,1-2H3. The van der Waals surface area contributed by atoms with Crippen molar-refractivity contribution in [1.82, 2.24) is 4.98 Å². The van der Waals surface area contributed by atoms with Gasteiger partial charge in [-0.3, -0.25) is 9.78 Å². The number of carbonyl (C=O) groups excluding carboxylic acids is 1. The molecular weight excluding hydrogens is 200 g/mol. The fourth-order valence-electron chi connectivity index (χ4n) is 1.78. The minimum Gasteiger partial charge on any atom is -0.330 e.